The molecule has 2 aromatic rings. The summed E-state index contributed by atoms with van der Waals surface area (Å²) in [6.07, 6.45) is 1.04. The number of nitrogens with one attached hydrogen (secondary N) is 2. The Morgan fingerprint density at radius 1 is 0.952 bits per heavy atom. The van der Waals surface area contributed by atoms with Gasteiger partial charge in [-0.3, -0.25) is 0 Å². The van der Waals surface area contributed by atoms with E-state index in [9.17, 15) is 4.79 Å². The van der Waals surface area contributed by atoms with E-state index in [1.165, 1.54) is 5.56 Å². The monoisotopic (exact) mass is 302 g/mol. The lowest BCUT2D eigenvalue weighted by Crippen LogP contribution is -2.19. The fraction of sp³-hybridized carbons (Fsp3) is 0.235. The standard InChI is InChI=1S/C17H19ClN2O/c1-12(2)11-13-3-7-15(8-4-13)19-17(21)20-16-9-5-14(18)6-10-16/h3-10,12H,11H2,1-2H3,(H2,19,20,21). The van der Waals surface area contributed by atoms with Crippen LogP contribution in [0.1, 0.15) is 19.4 Å². The first kappa shape index (κ1) is 15.4. The van der Waals surface area contributed by atoms with Gasteiger partial charge < -0.3 is 10.6 Å². The van der Waals surface area contributed by atoms with E-state index in [0.717, 1.165) is 12.1 Å². The molecular weight excluding hydrogens is 284 g/mol. The Labute approximate surface area is 130 Å². The SMILES string of the molecule is CC(C)Cc1ccc(NC(=O)Nc2ccc(Cl)cc2)cc1. The van der Waals surface area contributed by atoms with Crippen LogP contribution in [0.4, 0.5) is 16.2 Å². The van der Waals surface area contributed by atoms with E-state index in [1.54, 1.807) is 24.3 Å². The highest BCUT2D eigenvalue weighted by Crippen LogP contribution is 2.15. The zero-order chi connectivity index (χ0) is 15.2. The minimum absolute atomic E-state index is 0.270. The van der Waals surface area contributed by atoms with Crippen LogP contribution < -0.4 is 10.6 Å². The third-order valence-corrected chi connectivity index (χ3v) is 3.21. The van der Waals surface area contributed by atoms with Crippen molar-refractivity contribution in [3.63, 3.8) is 0 Å². The molecule has 0 aromatic heterocycles. The van der Waals surface area contributed by atoms with Crippen molar-refractivity contribution in [2.24, 2.45) is 5.92 Å². The summed E-state index contributed by atoms with van der Waals surface area (Å²) in [4.78, 5) is 11.9. The van der Waals surface area contributed by atoms with Gasteiger partial charge in [-0.05, 0) is 54.3 Å². The smallest absolute Gasteiger partial charge is 0.308 e. The van der Waals surface area contributed by atoms with Gasteiger partial charge in [-0.2, -0.15) is 0 Å². The van der Waals surface area contributed by atoms with E-state index < -0.39 is 0 Å². The Morgan fingerprint density at radius 3 is 1.90 bits per heavy atom. The number of anilines is 2. The molecule has 110 valence electrons. The summed E-state index contributed by atoms with van der Waals surface area (Å²) < 4.78 is 0. The number of rotatable bonds is 4. The van der Waals surface area contributed by atoms with Gasteiger partial charge >= 0.3 is 6.03 Å². The van der Waals surface area contributed by atoms with Crippen molar-refractivity contribution in [2.75, 3.05) is 10.6 Å². The maximum Gasteiger partial charge on any atom is 0.323 e. The van der Waals surface area contributed by atoms with Crippen LogP contribution in [0, 0.1) is 5.92 Å². The van der Waals surface area contributed by atoms with Crippen LogP contribution >= 0.6 is 11.6 Å². The van der Waals surface area contributed by atoms with E-state index in [4.69, 9.17) is 11.6 Å². The number of halogens is 1. The molecule has 0 radical (unpaired) electrons. The summed E-state index contributed by atoms with van der Waals surface area (Å²) in [5.41, 5.74) is 2.75. The van der Waals surface area contributed by atoms with Gasteiger partial charge in [-0.15, -0.1) is 0 Å². The molecule has 3 nitrogen and oxygen atoms in total. The van der Waals surface area contributed by atoms with Crippen LogP contribution in [0.2, 0.25) is 5.02 Å². The Hall–Kier alpha value is -2.00. The van der Waals surface area contributed by atoms with Crippen molar-refractivity contribution in [3.8, 4) is 0 Å². The van der Waals surface area contributed by atoms with Crippen LogP contribution in [0.25, 0.3) is 0 Å². The molecule has 4 heteroatoms. The van der Waals surface area contributed by atoms with E-state index in [0.29, 0.717) is 16.6 Å². The van der Waals surface area contributed by atoms with Crippen LogP contribution in [0.15, 0.2) is 48.5 Å². The number of hydrogen-bond donors (Lipinski definition) is 2. The minimum Gasteiger partial charge on any atom is -0.308 e. The Balaban J connectivity index is 1.91. The first-order chi connectivity index (χ1) is 10.0. The van der Waals surface area contributed by atoms with Gasteiger partial charge in [-0.1, -0.05) is 37.6 Å². The molecule has 0 atom stereocenters. The largest absolute Gasteiger partial charge is 0.323 e. The lowest BCUT2D eigenvalue weighted by molar-refractivity contribution is 0.262. The molecule has 0 saturated carbocycles. The normalized spacial score (nSPS) is 10.5. The minimum atomic E-state index is -0.270. The molecule has 0 aliphatic heterocycles. The quantitative estimate of drug-likeness (QED) is 0.802. The molecule has 0 saturated heterocycles. The maximum absolute atomic E-state index is 11.9. The molecule has 2 N–H and O–H groups in total. The van der Waals surface area contributed by atoms with Gasteiger partial charge in [0.15, 0.2) is 0 Å². The number of carbonyl (C=O) groups excluding carboxylic acids is 1. The van der Waals surface area contributed by atoms with Crippen LogP contribution in [-0.4, -0.2) is 6.03 Å². The van der Waals surface area contributed by atoms with Gasteiger partial charge in [0, 0.05) is 16.4 Å². The molecule has 2 amide bonds. The van der Waals surface area contributed by atoms with E-state index >= 15 is 0 Å². The molecule has 21 heavy (non-hydrogen) atoms. The topological polar surface area (TPSA) is 41.1 Å². The number of hydrogen-bond acceptors (Lipinski definition) is 1. The Morgan fingerprint density at radius 2 is 1.43 bits per heavy atom. The van der Waals surface area contributed by atoms with Gasteiger partial charge in [-0.25, -0.2) is 4.79 Å². The highest BCUT2D eigenvalue weighted by atomic mass is 35.5. The predicted molar refractivity (Wildman–Crippen MR) is 89.1 cm³/mol. The summed E-state index contributed by atoms with van der Waals surface area (Å²) in [5, 5.41) is 6.20. The average Bonchev–Trinajstić information content (AvgIpc) is 2.43. The number of urea groups is 1. The van der Waals surface area contributed by atoms with E-state index in [1.807, 2.05) is 24.3 Å². The molecule has 0 aliphatic carbocycles. The maximum atomic E-state index is 11.9. The summed E-state index contributed by atoms with van der Waals surface area (Å²) in [6, 6.07) is 14.6. The number of carbonyl (C=O) groups is 1. The first-order valence-electron chi connectivity index (χ1n) is 6.95. The third kappa shape index (κ3) is 5.12. The van der Waals surface area contributed by atoms with Crippen molar-refractivity contribution in [2.45, 2.75) is 20.3 Å². The Kier molecular flexibility index (Phi) is 5.23. The van der Waals surface area contributed by atoms with E-state index in [-0.39, 0.29) is 6.03 Å². The molecule has 0 heterocycles. The summed E-state index contributed by atoms with van der Waals surface area (Å²) >= 11 is 5.80. The van der Waals surface area contributed by atoms with Crippen LogP contribution in [0.3, 0.4) is 0 Å². The van der Waals surface area contributed by atoms with Crippen molar-refractivity contribution < 1.29 is 4.79 Å². The first-order valence-corrected chi connectivity index (χ1v) is 7.33. The van der Waals surface area contributed by atoms with Crippen LogP contribution in [-0.2, 0) is 6.42 Å². The summed E-state index contributed by atoms with van der Waals surface area (Å²) in [5.74, 6) is 0.622. The molecule has 0 fully saturated rings. The predicted octanol–water partition coefficient (Wildman–Crippen LogP) is 5.18. The van der Waals surface area contributed by atoms with Crippen molar-refractivity contribution in [1.82, 2.24) is 0 Å². The summed E-state index contributed by atoms with van der Waals surface area (Å²) in [6.45, 7) is 4.37. The zero-order valence-electron chi connectivity index (χ0n) is 12.2. The number of benzene rings is 2. The molecule has 2 aromatic carbocycles. The highest BCUT2D eigenvalue weighted by molar-refractivity contribution is 6.30. The molecule has 0 bridgehead atoms. The molecule has 2 rings (SSSR count). The number of amides is 2. The van der Waals surface area contributed by atoms with Gasteiger partial charge in [0.25, 0.3) is 0 Å². The second-order valence-electron chi connectivity index (χ2n) is 5.38. The second-order valence-corrected chi connectivity index (χ2v) is 5.82. The lowest BCUT2D eigenvalue weighted by Gasteiger charge is -2.09. The Bertz CT molecular complexity index is 591. The van der Waals surface area contributed by atoms with Crippen molar-refractivity contribution in [3.05, 3.63) is 59.1 Å². The van der Waals surface area contributed by atoms with E-state index in [2.05, 4.69) is 24.5 Å². The molecule has 0 aliphatic rings. The molecule has 0 unspecified atom stereocenters. The second kappa shape index (κ2) is 7.14. The zero-order valence-corrected chi connectivity index (χ0v) is 12.9. The molecular formula is C17H19ClN2O. The average molecular weight is 303 g/mol. The third-order valence-electron chi connectivity index (χ3n) is 2.96. The van der Waals surface area contributed by atoms with Gasteiger partial charge in [0.2, 0.25) is 0 Å². The summed E-state index contributed by atoms with van der Waals surface area (Å²) in [7, 11) is 0. The lowest BCUT2D eigenvalue weighted by atomic mass is 10.0. The molecule has 0 spiro atoms. The highest BCUT2D eigenvalue weighted by Gasteiger charge is 2.03. The fourth-order valence-corrected chi connectivity index (χ4v) is 2.15. The van der Waals surface area contributed by atoms with Crippen molar-refractivity contribution >= 4 is 29.0 Å². The van der Waals surface area contributed by atoms with Gasteiger partial charge in [0.05, 0.1) is 0 Å². The van der Waals surface area contributed by atoms with Crippen molar-refractivity contribution in [1.29, 1.82) is 0 Å². The van der Waals surface area contributed by atoms with Crippen LogP contribution in [0.5, 0.6) is 0 Å². The fourth-order valence-electron chi connectivity index (χ4n) is 2.02. The van der Waals surface area contributed by atoms with Gasteiger partial charge in [0.1, 0.15) is 0 Å².